The summed E-state index contributed by atoms with van der Waals surface area (Å²) in [5.41, 5.74) is 7.90. The average Bonchev–Trinajstić information content (AvgIpc) is 3.26. The van der Waals surface area contributed by atoms with Gasteiger partial charge in [0.05, 0.1) is 6.04 Å². The van der Waals surface area contributed by atoms with Crippen LogP contribution >= 0.6 is 11.8 Å². The lowest BCUT2D eigenvalue weighted by Crippen LogP contribution is -2.57. The number of carbonyl (C=O) groups excluding carboxylic acids is 3. The third kappa shape index (κ3) is 9.10. The first kappa shape index (κ1) is 29.6. The van der Waals surface area contributed by atoms with E-state index in [0.29, 0.717) is 5.75 Å². The normalized spacial score (nSPS) is 14.2. The summed E-state index contributed by atoms with van der Waals surface area (Å²) in [6.07, 6.45) is 3.37. The Balaban J connectivity index is 2.10. The molecule has 37 heavy (non-hydrogen) atoms. The minimum Gasteiger partial charge on any atom is -0.481 e. The van der Waals surface area contributed by atoms with E-state index in [0.717, 1.165) is 16.5 Å². The number of carbonyl (C=O) groups is 5. The lowest BCUT2D eigenvalue weighted by Gasteiger charge is -2.24. The van der Waals surface area contributed by atoms with Gasteiger partial charge in [-0.1, -0.05) is 18.2 Å². The molecule has 0 saturated carbocycles. The van der Waals surface area contributed by atoms with Gasteiger partial charge >= 0.3 is 11.9 Å². The number of aromatic nitrogens is 1. The molecule has 0 spiro atoms. The van der Waals surface area contributed by atoms with Gasteiger partial charge in [-0.3, -0.25) is 24.0 Å². The Bertz CT molecular complexity index is 1120. The van der Waals surface area contributed by atoms with Gasteiger partial charge in [0, 0.05) is 23.5 Å². The Labute approximate surface area is 218 Å². The number of aromatic amines is 1. The zero-order valence-electron chi connectivity index (χ0n) is 20.7. The van der Waals surface area contributed by atoms with Gasteiger partial charge < -0.3 is 36.9 Å². The Hall–Kier alpha value is -3.58. The van der Waals surface area contributed by atoms with Crippen LogP contribution in [0.4, 0.5) is 0 Å². The number of hydrogen-bond donors (Lipinski definition) is 7. The van der Waals surface area contributed by atoms with E-state index in [1.807, 2.05) is 30.5 Å². The van der Waals surface area contributed by atoms with E-state index < -0.39 is 60.2 Å². The van der Waals surface area contributed by atoms with E-state index in [1.54, 1.807) is 6.20 Å². The maximum atomic E-state index is 13.1. The van der Waals surface area contributed by atoms with Crippen LogP contribution in [0, 0.1) is 0 Å². The number of para-hydroxylation sites is 1. The summed E-state index contributed by atoms with van der Waals surface area (Å²) in [5.74, 6) is -4.05. The lowest BCUT2D eigenvalue weighted by atomic mass is 10.0. The maximum absolute atomic E-state index is 13.1. The second-order valence-corrected chi connectivity index (χ2v) is 9.56. The number of hydrogen-bond acceptors (Lipinski definition) is 7. The molecular formula is C24H33N5O7S. The molecule has 0 bridgehead atoms. The van der Waals surface area contributed by atoms with Gasteiger partial charge in [0.2, 0.25) is 17.7 Å². The van der Waals surface area contributed by atoms with Crippen LogP contribution in [0.1, 0.15) is 31.7 Å². The summed E-state index contributed by atoms with van der Waals surface area (Å²) in [6, 6.07) is 3.04. The van der Waals surface area contributed by atoms with E-state index >= 15 is 0 Å². The highest BCUT2D eigenvalue weighted by atomic mass is 32.2. The van der Waals surface area contributed by atoms with Gasteiger partial charge in [0.15, 0.2) is 0 Å². The quantitative estimate of drug-likeness (QED) is 0.166. The van der Waals surface area contributed by atoms with Crippen LogP contribution in [0.25, 0.3) is 10.9 Å². The summed E-state index contributed by atoms with van der Waals surface area (Å²) in [4.78, 5) is 63.7. The highest BCUT2D eigenvalue weighted by molar-refractivity contribution is 7.98. The van der Waals surface area contributed by atoms with Gasteiger partial charge in [-0.25, -0.2) is 0 Å². The first-order valence-electron chi connectivity index (χ1n) is 11.7. The molecule has 1 aromatic carbocycles. The number of amides is 3. The van der Waals surface area contributed by atoms with Crippen LogP contribution in [0.2, 0.25) is 0 Å². The number of thioether (sulfide) groups is 1. The molecule has 0 saturated heterocycles. The molecular weight excluding hydrogens is 502 g/mol. The number of carboxylic acid groups (broad SMARTS) is 2. The number of benzene rings is 1. The Morgan fingerprint density at radius 1 is 0.973 bits per heavy atom. The highest BCUT2D eigenvalue weighted by Crippen LogP contribution is 2.19. The van der Waals surface area contributed by atoms with Crippen molar-refractivity contribution >= 4 is 52.3 Å². The zero-order chi connectivity index (χ0) is 27.5. The fourth-order valence-electron chi connectivity index (χ4n) is 3.60. The van der Waals surface area contributed by atoms with Crippen LogP contribution in [0.5, 0.6) is 0 Å². The number of nitrogens with one attached hydrogen (secondary N) is 4. The molecule has 3 amide bonds. The number of carboxylic acids is 2. The third-order valence-corrected chi connectivity index (χ3v) is 6.35. The van der Waals surface area contributed by atoms with Crippen LogP contribution in [0.3, 0.4) is 0 Å². The SMILES string of the molecule is CSCCC(NC(=O)C(N)Cc1c[nH]c2ccccc12)C(=O)NC(CCC(=O)O)C(=O)NC(C)C(=O)O. The van der Waals surface area contributed by atoms with Gasteiger partial charge in [-0.2, -0.15) is 11.8 Å². The van der Waals surface area contributed by atoms with Crippen molar-refractivity contribution in [3.63, 3.8) is 0 Å². The Kier molecular flexibility index (Phi) is 11.4. The topological polar surface area (TPSA) is 204 Å². The monoisotopic (exact) mass is 535 g/mol. The summed E-state index contributed by atoms with van der Waals surface area (Å²) in [5, 5.41) is 26.3. The van der Waals surface area contributed by atoms with Crippen molar-refractivity contribution in [2.45, 2.75) is 56.8 Å². The number of aliphatic carboxylic acids is 2. The molecule has 2 rings (SSSR count). The fourth-order valence-corrected chi connectivity index (χ4v) is 4.07. The molecule has 13 heteroatoms. The number of fused-ring (bicyclic) bond motifs is 1. The van der Waals surface area contributed by atoms with Crippen molar-refractivity contribution in [3.05, 3.63) is 36.0 Å². The minimum atomic E-state index is -1.31. The van der Waals surface area contributed by atoms with Crippen LogP contribution < -0.4 is 21.7 Å². The summed E-state index contributed by atoms with van der Waals surface area (Å²) >= 11 is 1.45. The summed E-state index contributed by atoms with van der Waals surface area (Å²) < 4.78 is 0. The van der Waals surface area contributed by atoms with Crippen molar-refractivity contribution in [2.24, 2.45) is 5.73 Å². The highest BCUT2D eigenvalue weighted by Gasteiger charge is 2.29. The van der Waals surface area contributed by atoms with Crippen LogP contribution in [0.15, 0.2) is 30.5 Å². The molecule has 1 heterocycles. The predicted octanol–water partition coefficient (Wildman–Crippen LogP) is 0.215. The van der Waals surface area contributed by atoms with Crippen molar-refractivity contribution in [2.75, 3.05) is 12.0 Å². The Morgan fingerprint density at radius 3 is 2.24 bits per heavy atom. The number of H-pyrrole nitrogens is 1. The predicted molar refractivity (Wildman–Crippen MR) is 139 cm³/mol. The van der Waals surface area contributed by atoms with Crippen LogP contribution in [-0.4, -0.2) is 81.0 Å². The second-order valence-electron chi connectivity index (χ2n) is 8.57. The summed E-state index contributed by atoms with van der Waals surface area (Å²) in [6.45, 7) is 1.24. The minimum absolute atomic E-state index is 0.226. The Morgan fingerprint density at radius 2 is 1.59 bits per heavy atom. The standard InChI is InChI=1S/C24H33N5O7S/c1-13(24(35)36)27-22(33)18(7-8-20(30)31)29-23(34)19(9-10-37-2)28-21(32)16(25)11-14-12-26-17-6-4-3-5-15(14)17/h3-6,12-13,16,18-19,26H,7-11,25H2,1-2H3,(H,27,33)(H,28,32)(H,29,34)(H,30,31)(H,35,36). The van der Waals surface area contributed by atoms with E-state index in [9.17, 15) is 24.0 Å². The van der Waals surface area contributed by atoms with E-state index in [4.69, 9.17) is 15.9 Å². The smallest absolute Gasteiger partial charge is 0.325 e. The van der Waals surface area contributed by atoms with E-state index in [-0.39, 0.29) is 19.3 Å². The molecule has 8 N–H and O–H groups in total. The van der Waals surface area contributed by atoms with Gasteiger partial charge in [-0.15, -0.1) is 0 Å². The summed E-state index contributed by atoms with van der Waals surface area (Å²) in [7, 11) is 0. The molecule has 202 valence electrons. The van der Waals surface area contributed by atoms with E-state index in [2.05, 4.69) is 20.9 Å². The largest absolute Gasteiger partial charge is 0.481 e. The molecule has 4 unspecified atom stereocenters. The second kappa shape index (κ2) is 14.2. The molecule has 0 fully saturated rings. The van der Waals surface area contributed by atoms with Gasteiger partial charge in [0.25, 0.3) is 0 Å². The fraction of sp³-hybridized carbons (Fsp3) is 0.458. The maximum Gasteiger partial charge on any atom is 0.325 e. The van der Waals surface area contributed by atoms with Crippen molar-refractivity contribution in [3.8, 4) is 0 Å². The first-order valence-corrected chi connectivity index (χ1v) is 13.1. The van der Waals surface area contributed by atoms with Crippen molar-refractivity contribution in [1.82, 2.24) is 20.9 Å². The third-order valence-electron chi connectivity index (χ3n) is 5.70. The van der Waals surface area contributed by atoms with Gasteiger partial charge in [-0.05, 0) is 49.8 Å². The molecule has 0 aliphatic heterocycles. The average molecular weight is 536 g/mol. The van der Waals surface area contributed by atoms with Crippen molar-refractivity contribution < 1.29 is 34.2 Å². The van der Waals surface area contributed by atoms with Gasteiger partial charge in [0.1, 0.15) is 18.1 Å². The molecule has 2 aromatic rings. The van der Waals surface area contributed by atoms with Crippen LogP contribution in [-0.2, 0) is 30.4 Å². The molecule has 0 radical (unpaired) electrons. The molecule has 0 aliphatic rings. The first-order chi connectivity index (χ1) is 17.5. The molecule has 4 atom stereocenters. The zero-order valence-corrected chi connectivity index (χ0v) is 21.5. The lowest BCUT2D eigenvalue weighted by molar-refractivity contribution is -0.142. The van der Waals surface area contributed by atoms with E-state index in [1.165, 1.54) is 18.7 Å². The van der Waals surface area contributed by atoms with Crippen molar-refractivity contribution in [1.29, 1.82) is 0 Å². The molecule has 0 aliphatic carbocycles. The number of rotatable bonds is 15. The molecule has 12 nitrogen and oxygen atoms in total. The molecule has 1 aromatic heterocycles. The number of nitrogens with two attached hydrogens (primary N) is 1.